The molecule has 3 unspecified atom stereocenters. The van der Waals surface area contributed by atoms with Gasteiger partial charge in [-0.2, -0.15) is 0 Å². The molecule has 0 aromatic heterocycles. The fourth-order valence-electron chi connectivity index (χ4n) is 3.54. The molecule has 3 atom stereocenters. The van der Waals surface area contributed by atoms with E-state index in [1.807, 2.05) is 0 Å². The Morgan fingerprint density at radius 2 is 1.88 bits per heavy atom. The second-order valence-corrected chi connectivity index (χ2v) is 5.89. The molecule has 0 bridgehead atoms. The van der Waals surface area contributed by atoms with E-state index in [0.29, 0.717) is 0 Å². The molecule has 0 heterocycles. The van der Waals surface area contributed by atoms with Crippen molar-refractivity contribution in [2.24, 2.45) is 5.92 Å². The van der Waals surface area contributed by atoms with Crippen molar-refractivity contribution >= 4 is 0 Å². The normalized spacial score (nSPS) is 32.4. The van der Waals surface area contributed by atoms with Crippen molar-refractivity contribution in [1.29, 1.82) is 0 Å². The second-order valence-electron chi connectivity index (χ2n) is 5.89. The van der Waals surface area contributed by atoms with E-state index >= 15 is 0 Å². The van der Waals surface area contributed by atoms with Crippen molar-refractivity contribution < 1.29 is 0 Å². The van der Waals surface area contributed by atoms with Gasteiger partial charge in [-0.1, -0.05) is 37.6 Å². The summed E-state index contributed by atoms with van der Waals surface area (Å²) in [6, 6.07) is 10.5. The topological polar surface area (TPSA) is 12.0 Å². The minimum atomic E-state index is 0.718. The van der Waals surface area contributed by atoms with E-state index < -0.39 is 0 Å². The van der Waals surface area contributed by atoms with Crippen molar-refractivity contribution in [3.8, 4) is 0 Å². The molecular formula is C16H23N. The third-order valence-electron chi connectivity index (χ3n) is 4.66. The maximum absolute atomic E-state index is 3.91. The van der Waals surface area contributed by atoms with Crippen molar-refractivity contribution in [3.63, 3.8) is 0 Å². The van der Waals surface area contributed by atoms with E-state index in [9.17, 15) is 0 Å². The molecule has 0 aliphatic heterocycles. The van der Waals surface area contributed by atoms with Crippen LogP contribution in [0.4, 0.5) is 0 Å². The Morgan fingerprint density at radius 3 is 2.65 bits per heavy atom. The van der Waals surface area contributed by atoms with Crippen LogP contribution in [0.2, 0.25) is 0 Å². The molecular weight excluding hydrogens is 206 g/mol. The van der Waals surface area contributed by atoms with Crippen LogP contribution >= 0.6 is 0 Å². The minimum absolute atomic E-state index is 0.718. The number of hydrogen-bond donors (Lipinski definition) is 1. The summed E-state index contributed by atoms with van der Waals surface area (Å²) in [5, 5.41) is 3.91. The number of nitrogens with one attached hydrogen (secondary N) is 1. The number of aryl methyl sites for hydroxylation is 1. The molecule has 1 saturated carbocycles. The monoisotopic (exact) mass is 229 g/mol. The third kappa shape index (κ3) is 2.40. The summed E-state index contributed by atoms with van der Waals surface area (Å²) < 4.78 is 0. The Balaban J connectivity index is 1.64. The third-order valence-corrected chi connectivity index (χ3v) is 4.66. The molecule has 1 aromatic carbocycles. The predicted octanol–water partition coefficient (Wildman–Crippen LogP) is 3.32. The Kier molecular flexibility index (Phi) is 3.19. The van der Waals surface area contributed by atoms with Gasteiger partial charge in [0.25, 0.3) is 0 Å². The average Bonchev–Trinajstić information content (AvgIpc) is 2.75. The lowest BCUT2D eigenvalue weighted by Crippen LogP contribution is -2.42. The van der Waals surface area contributed by atoms with Gasteiger partial charge in [-0.05, 0) is 49.1 Å². The maximum atomic E-state index is 3.91. The molecule has 1 fully saturated rings. The van der Waals surface area contributed by atoms with Crippen molar-refractivity contribution in [2.45, 2.75) is 57.5 Å². The minimum Gasteiger partial charge on any atom is -0.311 e. The summed E-state index contributed by atoms with van der Waals surface area (Å²) in [7, 11) is 0. The maximum Gasteiger partial charge on any atom is 0.0113 e. The smallest absolute Gasteiger partial charge is 0.0113 e. The first-order valence-electron chi connectivity index (χ1n) is 7.16. The molecule has 2 aliphatic carbocycles. The van der Waals surface area contributed by atoms with E-state index in [-0.39, 0.29) is 0 Å². The summed E-state index contributed by atoms with van der Waals surface area (Å²) in [5.74, 6) is 0.882. The Hall–Kier alpha value is -0.820. The molecule has 1 nitrogen and oxygen atoms in total. The molecule has 92 valence electrons. The van der Waals surface area contributed by atoms with Gasteiger partial charge >= 0.3 is 0 Å². The quantitative estimate of drug-likeness (QED) is 0.820. The lowest BCUT2D eigenvalue weighted by Gasteiger charge is -2.30. The van der Waals surface area contributed by atoms with Crippen LogP contribution in [-0.4, -0.2) is 12.1 Å². The standard InChI is InChI=1S/C16H23N/c1-12-5-4-8-16(12)17-15-10-9-13-6-2-3-7-14(13)11-15/h2-3,6-7,12,15-17H,4-5,8-11H2,1H3. The molecule has 17 heavy (non-hydrogen) atoms. The Bertz CT molecular complexity index is 385. The number of benzene rings is 1. The van der Waals surface area contributed by atoms with Crippen molar-refractivity contribution in [1.82, 2.24) is 5.32 Å². The number of fused-ring (bicyclic) bond motifs is 1. The Morgan fingerprint density at radius 1 is 1.06 bits per heavy atom. The molecule has 0 spiro atoms. The van der Waals surface area contributed by atoms with Gasteiger partial charge in [0.15, 0.2) is 0 Å². The summed E-state index contributed by atoms with van der Waals surface area (Å²) in [6.07, 6.45) is 8.04. The van der Waals surface area contributed by atoms with E-state index in [1.165, 1.54) is 38.5 Å². The fraction of sp³-hybridized carbons (Fsp3) is 0.625. The van der Waals surface area contributed by atoms with Crippen LogP contribution in [0.25, 0.3) is 0 Å². The highest BCUT2D eigenvalue weighted by Crippen LogP contribution is 2.27. The molecule has 1 heteroatoms. The molecule has 3 rings (SSSR count). The molecule has 2 aliphatic rings. The zero-order chi connectivity index (χ0) is 11.7. The highest BCUT2D eigenvalue weighted by Gasteiger charge is 2.27. The van der Waals surface area contributed by atoms with Crippen LogP contribution in [-0.2, 0) is 12.8 Å². The van der Waals surface area contributed by atoms with Crippen LogP contribution in [0.15, 0.2) is 24.3 Å². The van der Waals surface area contributed by atoms with E-state index in [1.54, 1.807) is 11.1 Å². The Labute approximate surface area is 105 Å². The zero-order valence-corrected chi connectivity index (χ0v) is 10.8. The van der Waals surface area contributed by atoms with Gasteiger partial charge in [-0.25, -0.2) is 0 Å². The summed E-state index contributed by atoms with van der Waals surface area (Å²) in [6.45, 7) is 2.40. The number of rotatable bonds is 2. The van der Waals surface area contributed by atoms with Crippen LogP contribution in [0, 0.1) is 5.92 Å². The van der Waals surface area contributed by atoms with E-state index in [0.717, 1.165) is 18.0 Å². The van der Waals surface area contributed by atoms with Gasteiger partial charge in [0.05, 0.1) is 0 Å². The van der Waals surface area contributed by atoms with Crippen LogP contribution in [0.1, 0.15) is 43.7 Å². The van der Waals surface area contributed by atoms with E-state index in [2.05, 4.69) is 36.5 Å². The van der Waals surface area contributed by atoms with Gasteiger partial charge in [0.2, 0.25) is 0 Å². The SMILES string of the molecule is CC1CCCC1NC1CCc2ccccc2C1. The average molecular weight is 229 g/mol. The lowest BCUT2D eigenvalue weighted by molar-refractivity contribution is 0.349. The zero-order valence-electron chi connectivity index (χ0n) is 10.8. The predicted molar refractivity (Wildman–Crippen MR) is 72.2 cm³/mol. The summed E-state index contributed by atoms with van der Waals surface area (Å²) in [4.78, 5) is 0. The molecule has 1 N–H and O–H groups in total. The molecule has 0 radical (unpaired) electrons. The van der Waals surface area contributed by atoms with Crippen LogP contribution < -0.4 is 5.32 Å². The van der Waals surface area contributed by atoms with Crippen LogP contribution in [0.5, 0.6) is 0 Å². The van der Waals surface area contributed by atoms with E-state index in [4.69, 9.17) is 0 Å². The lowest BCUT2D eigenvalue weighted by atomic mass is 9.87. The van der Waals surface area contributed by atoms with Gasteiger partial charge in [0.1, 0.15) is 0 Å². The van der Waals surface area contributed by atoms with Gasteiger partial charge in [-0.15, -0.1) is 0 Å². The van der Waals surface area contributed by atoms with Crippen LogP contribution in [0.3, 0.4) is 0 Å². The first kappa shape index (κ1) is 11.3. The van der Waals surface area contributed by atoms with Crippen molar-refractivity contribution in [2.75, 3.05) is 0 Å². The van der Waals surface area contributed by atoms with Gasteiger partial charge in [0, 0.05) is 12.1 Å². The van der Waals surface area contributed by atoms with Gasteiger partial charge < -0.3 is 5.32 Å². The first-order chi connectivity index (χ1) is 8.33. The summed E-state index contributed by atoms with van der Waals surface area (Å²) >= 11 is 0. The van der Waals surface area contributed by atoms with Crippen molar-refractivity contribution in [3.05, 3.63) is 35.4 Å². The molecule has 0 saturated heterocycles. The fourth-order valence-corrected chi connectivity index (χ4v) is 3.54. The van der Waals surface area contributed by atoms with Gasteiger partial charge in [-0.3, -0.25) is 0 Å². The number of hydrogen-bond acceptors (Lipinski definition) is 1. The molecule has 0 amide bonds. The molecule has 1 aromatic rings. The first-order valence-corrected chi connectivity index (χ1v) is 7.16. The largest absolute Gasteiger partial charge is 0.311 e. The summed E-state index contributed by atoms with van der Waals surface area (Å²) in [5.41, 5.74) is 3.15. The second kappa shape index (κ2) is 4.81. The highest BCUT2D eigenvalue weighted by atomic mass is 15.0. The highest BCUT2D eigenvalue weighted by molar-refractivity contribution is 5.30.